The van der Waals surface area contributed by atoms with Gasteiger partial charge in [-0.05, 0) is 35.6 Å². The number of thiophene rings is 1. The van der Waals surface area contributed by atoms with E-state index < -0.39 is 0 Å². The van der Waals surface area contributed by atoms with E-state index in [1.54, 1.807) is 35.9 Å². The van der Waals surface area contributed by atoms with Crippen molar-refractivity contribution in [1.29, 1.82) is 0 Å². The quantitative estimate of drug-likeness (QED) is 0.674. The van der Waals surface area contributed by atoms with Crippen LogP contribution in [0.2, 0.25) is 0 Å². The zero-order chi connectivity index (χ0) is 17.1. The molecular formula is C18H16N4O2S. The molecule has 4 heterocycles. The number of rotatable bonds is 4. The van der Waals surface area contributed by atoms with E-state index in [0.29, 0.717) is 24.8 Å². The second kappa shape index (κ2) is 6.98. The summed E-state index contributed by atoms with van der Waals surface area (Å²) in [6.07, 6.45) is 7.65. The molecule has 1 unspecified atom stereocenters. The third-order valence-electron chi connectivity index (χ3n) is 4.14. The molecule has 6 nitrogen and oxygen atoms in total. The molecule has 0 radical (unpaired) electrons. The van der Waals surface area contributed by atoms with Crippen LogP contribution >= 0.6 is 11.3 Å². The molecule has 4 rings (SSSR count). The highest BCUT2D eigenvalue weighted by Crippen LogP contribution is 2.29. The van der Waals surface area contributed by atoms with Crippen molar-refractivity contribution in [2.45, 2.75) is 12.3 Å². The molecule has 3 aromatic rings. The van der Waals surface area contributed by atoms with Crippen LogP contribution < -0.4 is 0 Å². The molecule has 1 amide bonds. The van der Waals surface area contributed by atoms with Crippen LogP contribution in [0, 0.1) is 0 Å². The van der Waals surface area contributed by atoms with Gasteiger partial charge in [-0.3, -0.25) is 9.78 Å². The van der Waals surface area contributed by atoms with Crippen LogP contribution in [0.15, 0.2) is 52.6 Å². The van der Waals surface area contributed by atoms with Gasteiger partial charge in [0.2, 0.25) is 5.91 Å². The molecule has 7 heteroatoms. The van der Waals surface area contributed by atoms with Crippen LogP contribution in [0.1, 0.15) is 23.7 Å². The molecule has 0 aromatic carbocycles. The fourth-order valence-corrected chi connectivity index (χ4v) is 3.46. The summed E-state index contributed by atoms with van der Waals surface area (Å²) >= 11 is 1.57. The topological polar surface area (TPSA) is 72.1 Å². The van der Waals surface area contributed by atoms with Crippen molar-refractivity contribution in [3.8, 4) is 10.8 Å². The minimum Gasteiger partial charge on any atom is -0.338 e. The van der Waals surface area contributed by atoms with Crippen LogP contribution in [0.25, 0.3) is 16.8 Å². The van der Waals surface area contributed by atoms with Crippen LogP contribution in [-0.4, -0.2) is 39.0 Å². The number of carbonyl (C=O) groups excluding carboxylic acids is 1. The van der Waals surface area contributed by atoms with Gasteiger partial charge in [0.05, 0.1) is 4.88 Å². The molecule has 1 saturated heterocycles. The summed E-state index contributed by atoms with van der Waals surface area (Å²) in [5.74, 6) is 1.34. The molecule has 0 spiro atoms. The first kappa shape index (κ1) is 15.7. The summed E-state index contributed by atoms with van der Waals surface area (Å²) in [4.78, 5) is 23.6. The highest BCUT2D eigenvalue weighted by atomic mass is 32.1. The fourth-order valence-electron chi connectivity index (χ4n) is 2.82. The van der Waals surface area contributed by atoms with Gasteiger partial charge in [-0.2, -0.15) is 4.98 Å². The lowest BCUT2D eigenvalue weighted by Crippen LogP contribution is -2.26. The summed E-state index contributed by atoms with van der Waals surface area (Å²) in [5.41, 5.74) is 0.908. The maximum atomic E-state index is 12.3. The summed E-state index contributed by atoms with van der Waals surface area (Å²) in [7, 11) is 0. The van der Waals surface area contributed by atoms with E-state index in [0.717, 1.165) is 16.9 Å². The van der Waals surface area contributed by atoms with Crippen molar-refractivity contribution in [1.82, 2.24) is 20.0 Å². The van der Waals surface area contributed by atoms with Crippen LogP contribution in [-0.2, 0) is 4.79 Å². The molecule has 1 fully saturated rings. The number of carbonyl (C=O) groups is 1. The predicted molar refractivity (Wildman–Crippen MR) is 94.8 cm³/mol. The van der Waals surface area contributed by atoms with Gasteiger partial charge >= 0.3 is 0 Å². The minimum atomic E-state index is -0.00618. The molecule has 0 aliphatic carbocycles. The van der Waals surface area contributed by atoms with Crippen molar-refractivity contribution in [2.75, 3.05) is 13.1 Å². The average Bonchev–Trinajstić information content (AvgIpc) is 3.40. The Labute approximate surface area is 148 Å². The minimum absolute atomic E-state index is 0.00618. The van der Waals surface area contributed by atoms with Crippen molar-refractivity contribution in [2.24, 2.45) is 0 Å². The molecule has 3 aromatic heterocycles. The first-order valence-corrected chi connectivity index (χ1v) is 8.92. The van der Waals surface area contributed by atoms with E-state index in [-0.39, 0.29) is 11.8 Å². The summed E-state index contributed by atoms with van der Waals surface area (Å²) in [5, 5.41) is 6.07. The van der Waals surface area contributed by atoms with Gasteiger partial charge in [-0.1, -0.05) is 17.3 Å². The molecular weight excluding hydrogens is 336 g/mol. The van der Waals surface area contributed by atoms with E-state index in [9.17, 15) is 4.79 Å². The van der Waals surface area contributed by atoms with E-state index in [2.05, 4.69) is 15.1 Å². The summed E-state index contributed by atoms with van der Waals surface area (Å²) in [6, 6.07) is 7.66. The number of pyridine rings is 1. The second-order valence-corrected chi connectivity index (χ2v) is 6.77. The molecule has 1 aliphatic rings. The molecule has 0 saturated carbocycles. The van der Waals surface area contributed by atoms with E-state index in [1.165, 1.54) is 0 Å². The number of aromatic nitrogens is 3. The van der Waals surface area contributed by atoms with E-state index >= 15 is 0 Å². The largest absolute Gasteiger partial charge is 0.338 e. The Hall–Kier alpha value is -2.80. The predicted octanol–water partition coefficient (Wildman–Crippen LogP) is 3.22. The lowest BCUT2D eigenvalue weighted by atomic mass is 10.1. The van der Waals surface area contributed by atoms with Gasteiger partial charge in [0, 0.05) is 37.5 Å². The van der Waals surface area contributed by atoms with Gasteiger partial charge in [0.1, 0.15) is 0 Å². The Morgan fingerprint density at radius 3 is 3.12 bits per heavy atom. The van der Waals surface area contributed by atoms with Gasteiger partial charge < -0.3 is 9.42 Å². The first-order chi connectivity index (χ1) is 12.3. The van der Waals surface area contributed by atoms with Crippen LogP contribution in [0.4, 0.5) is 0 Å². The Balaban J connectivity index is 1.40. The summed E-state index contributed by atoms with van der Waals surface area (Å²) in [6.45, 7) is 1.31. The zero-order valence-corrected chi connectivity index (χ0v) is 14.2. The highest BCUT2D eigenvalue weighted by Gasteiger charge is 2.29. The Morgan fingerprint density at radius 1 is 1.36 bits per heavy atom. The van der Waals surface area contributed by atoms with E-state index in [4.69, 9.17) is 4.52 Å². The number of hydrogen-bond donors (Lipinski definition) is 0. The third-order valence-corrected chi connectivity index (χ3v) is 5.00. The van der Waals surface area contributed by atoms with Crippen LogP contribution in [0.3, 0.4) is 0 Å². The average molecular weight is 352 g/mol. The fraction of sp³-hybridized carbons (Fsp3) is 0.222. The molecule has 1 atom stereocenters. The van der Waals surface area contributed by atoms with Gasteiger partial charge in [0.15, 0.2) is 5.82 Å². The Bertz CT molecular complexity index is 874. The van der Waals surface area contributed by atoms with E-state index in [1.807, 2.05) is 34.5 Å². The van der Waals surface area contributed by atoms with Gasteiger partial charge in [0.25, 0.3) is 5.89 Å². The molecule has 0 N–H and O–H groups in total. The van der Waals surface area contributed by atoms with Crippen molar-refractivity contribution in [3.05, 3.63) is 59.5 Å². The summed E-state index contributed by atoms with van der Waals surface area (Å²) < 4.78 is 5.35. The number of amides is 1. The Morgan fingerprint density at radius 2 is 2.32 bits per heavy atom. The number of hydrogen-bond acceptors (Lipinski definition) is 6. The van der Waals surface area contributed by atoms with Crippen molar-refractivity contribution in [3.63, 3.8) is 0 Å². The molecule has 1 aliphatic heterocycles. The SMILES string of the molecule is O=C(/C=C/c1cccnc1)N1CCC(c2noc(-c3cccs3)n2)C1. The molecule has 0 bridgehead atoms. The third kappa shape index (κ3) is 3.51. The number of likely N-dealkylation sites (tertiary alicyclic amines) is 1. The van der Waals surface area contributed by atoms with Gasteiger partial charge in [-0.15, -0.1) is 11.3 Å². The van der Waals surface area contributed by atoms with Gasteiger partial charge in [-0.25, -0.2) is 0 Å². The van der Waals surface area contributed by atoms with Crippen molar-refractivity contribution < 1.29 is 9.32 Å². The van der Waals surface area contributed by atoms with Crippen LogP contribution in [0.5, 0.6) is 0 Å². The highest BCUT2D eigenvalue weighted by molar-refractivity contribution is 7.13. The monoisotopic (exact) mass is 352 g/mol. The maximum absolute atomic E-state index is 12.3. The second-order valence-electron chi connectivity index (χ2n) is 5.82. The zero-order valence-electron chi connectivity index (χ0n) is 13.4. The lowest BCUT2D eigenvalue weighted by Gasteiger charge is -2.12. The molecule has 25 heavy (non-hydrogen) atoms. The maximum Gasteiger partial charge on any atom is 0.267 e. The standard InChI is InChI=1S/C18H16N4O2S/c23-16(6-5-13-3-1-8-19-11-13)22-9-7-14(12-22)17-20-18(24-21-17)15-4-2-10-25-15/h1-6,8,10-11,14H,7,9,12H2/b6-5+. The molecule has 126 valence electrons. The first-order valence-electron chi connectivity index (χ1n) is 8.04. The number of nitrogens with zero attached hydrogens (tertiary/aromatic N) is 4. The smallest absolute Gasteiger partial charge is 0.267 e. The normalized spacial score (nSPS) is 17.4. The van der Waals surface area contributed by atoms with Crippen molar-refractivity contribution >= 4 is 23.3 Å². The Kier molecular flexibility index (Phi) is 4.39. The lowest BCUT2D eigenvalue weighted by molar-refractivity contribution is -0.124.